The van der Waals surface area contributed by atoms with Gasteiger partial charge in [0.1, 0.15) is 13.2 Å². The Morgan fingerprint density at radius 1 is 0.884 bits per heavy atom. The van der Waals surface area contributed by atoms with Crippen LogP contribution in [-0.2, 0) is 18.0 Å². The summed E-state index contributed by atoms with van der Waals surface area (Å²) < 4.78 is 24.4. The summed E-state index contributed by atoms with van der Waals surface area (Å²) in [5.41, 5.74) is 3.44. The molecule has 1 saturated heterocycles. The van der Waals surface area contributed by atoms with E-state index in [1.54, 1.807) is 37.5 Å². The zero-order chi connectivity index (χ0) is 30.2. The smallest absolute Gasteiger partial charge is 0.264 e. The third-order valence-corrected chi connectivity index (χ3v) is 7.94. The van der Waals surface area contributed by atoms with Crippen molar-refractivity contribution in [1.29, 1.82) is 0 Å². The van der Waals surface area contributed by atoms with E-state index in [-0.39, 0.29) is 12.5 Å². The third kappa shape index (κ3) is 8.13. The van der Waals surface area contributed by atoms with Crippen molar-refractivity contribution in [1.82, 2.24) is 5.32 Å². The van der Waals surface area contributed by atoms with Crippen molar-refractivity contribution in [3.63, 3.8) is 0 Å². The topological polar surface area (TPSA) is 78.4 Å². The maximum Gasteiger partial charge on any atom is 0.264 e. The molecule has 0 unspecified atom stereocenters. The number of hydrogen-bond donors (Lipinski definition) is 1. The number of methoxy groups -OCH3 is 1. The summed E-state index contributed by atoms with van der Waals surface area (Å²) >= 11 is 10.8. The van der Waals surface area contributed by atoms with E-state index in [2.05, 4.69) is 26.2 Å². The predicted molar refractivity (Wildman–Crippen MR) is 176 cm³/mol. The van der Waals surface area contributed by atoms with Crippen LogP contribution < -0.4 is 24.3 Å². The Bertz CT molecular complexity index is 1660. The number of ether oxygens (including phenoxy) is 4. The molecule has 1 N–H and O–H groups in total. The quantitative estimate of drug-likeness (QED) is 0.160. The van der Waals surface area contributed by atoms with Gasteiger partial charge < -0.3 is 24.3 Å². The van der Waals surface area contributed by atoms with Gasteiger partial charge in [-0.25, -0.2) is 4.99 Å². The van der Waals surface area contributed by atoms with Gasteiger partial charge in [-0.05, 0) is 106 Å². The first-order chi connectivity index (χ1) is 20.9. The summed E-state index contributed by atoms with van der Waals surface area (Å²) in [5, 5.41) is 3.92. The number of amides is 1. The number of nitrogens with one attached hydrogen (secondary N) is 1. The molecule has 7 nitrogen and oxygen atoms in total. The predicted octanol–water partition coefficient (Wildman–Crippen LogP) is 8.56. The fourth-order valence-corrected chi connectivity index (χ4v) is 5.69. The van der Waals surface area contributed by atoms with Crippen molar-refractivity contribution in [2.24, 2.45) is 4.99 Å². The lowest BCUT2D eigenvalue weighted by atomic mass is 10.1. The van der Waals surface area contributed by atoms with Gasteiger partial charge in [0.05, 0.1) is 28.8 Å². The standard InChI is InChI=1S/C33H28BrClN2O5S/c1-3-40-29-17-23(18-30-32(38)37-33(43-30)36-25-12-10-24(35)11-13-25)15-26(34)31(29)42-20-22-9-14-27(28(16-22)39-2)41-19-21-7-5-4-6-8-21/h4-18H,3,19-20H2,1-2H3,(H,36,37,38)/b30-18+. The van der Waals surface area contributed by atoms with E-state index in [1.165, 1.54) is 11.8 Å². The average Bonchev–Trinajstić information content (AvgIpc) is 3.35. The Morgan fingerprint density at radius 2 is 1.65 bits per heavy atom. The van der Waals surface area contributed by atoms with Crippen LogP contribution in [-0.4, -0.2) is 24.8 Å². The highest BCUT2D eigenvalue weighted by Gasteiger charge is 2.24. The Kier molecular flexibility index (Phi) is 10.3. The minimum Gasteiger partial charge on any atom is -0.493 e. The average molecular weight is 680 g/mol. The molecule has 4 aromatic rings. The van der Waals surface area contributed by atoms with Crippen molar-refractivity contribution in [3.05, 3.63) is 116 Å². The zero-order valence-electron chi connectivity index (χ0n) is 23.4. The summed E-state index contributed by atoms with van der Waals surface area (Å²) in [4.78, 5) is 17.7. The molecule has 0 aromatic heterocycles. The minimum atomic E-state index is -0.225. The second-order valence-electron chi connectivity index (χ2n) is 9.27. The molecular formula is C33H28BrClN2O5S. The van der Waals surface area contributed by atoms with Crippen LogP contribution >= 0.6 is 39.3 Å². The lowest BCUT2D eigenvalue weighted by Gasteiger charge is -2.16. The zero-order valence-corrected chi connectivity index (χ0v) is 26.6. The molecule has 1 amide bonds. The van der Waals surface area contributed by atoms with Crippen LogP contribution in [0.2, 0.25) is 5.02 Å². The molecule has 1 heterocycles. The van der Waals surface area contributed by atoms with Gasteiger partial charge in [-0.2, -0.15) is 0 Å². The summed E-state index contributed by atoms with van der Waals surface area (Å²) in [6.45, 7) is 3.06. The highest BCUT2D eigenvalue weighted by Crippen LogP contribution is 2.39. The normalized spacial score (nSPS) is 14.6. The van der Waals surface area contributed by atoms with Crippen LogP contribution in [0.3, 0.4) is 0 Å². The molecule has 0 spiro atoms. The van der Waals surface area contributed by atoms with E-state index in [1.807, 2.05) is 67.6 Å². The van der Waals surface area contributed by atoms with E-state index < -0.39 is 0 Å². The monoisotopic (exact) mass is 678 g/mol. The molecule has 0 bridgehead atoms. The second-order valence-corrected chi connectivity index (χ2v) is 11.6. The molecule has 1 aliphatic heterocycles. The van der Waals surface area contributed by atoms with Crippen LogP contribution in [0, 0.1) is 0 Å². The van der Waals surface area contributed by atoms with E-state index in [4.69, 9.17) is 30.5 Å². The van der Waals surface area contributed by atoms with Crippen LogP contribution in [0.1, 0.15) is 23.6 Å². The molecule has 1 fully saturated rings. The number of rotatable bonds is 11. The van der Waals surface area contributed by atoms with Crippen molar-refractivity contribution in [2.75, 3.05) is 13.7 Å². The summed E-state index contributed by atoms with van der Waals surface area (Å²) in [6.07, 6.45) is 1.79. The van der Waals surface area contributed by atoms with Gasteiger partial charge in [-0.3, -0.25) is 4.79 Å². The molecule has 0 atom stereocenters. The Labute approximate surface area is 268 Å². The minimum absolute atomic E-state index is 0.225. The summed E-state index contributed by atoms with van der Waals surface area (Å²) in [5.74, 6) is 2.16. The first-order valence-electron chi connectivity index (χ1n) is 13.4. The van der Waals surface area contributed by atoms with Crippen molar-refractivity contribution in [3.8, 4) is 23.0 Å². The molecule has 0 radical (unpaired) electrons. The second kappa shape index (κ2) is 14.5. The van der Waals surface area contributed by atoms with Gasteiger partial charge in [0.15, 0.2) is 28.2 Å². The maximum atomic E-state index is 12.7. The maximum absolute atomic E-state index is 12.7. The number of amidine groups is 1. The van der Waals surface area contributed by atoms with E-state index in [0.29, 0.717) is 61.5 Å². The van der Waals surface area contributed by atoms with Crippen molar-refractivity contribution < 1.29 is 23.7 Å². The van der Waals surface area contributed by atoms with Gasteiger partial charge >= 0.3 is 0 Å². The van der Waals surface area contributed by atoms with Gasteiger partial charge in [0, 0.05) is 5.02 Å². The molecule has 5 rings (SSSR count). The molecule has 0 saturated carbocycles. The Balaban J connectivity index is 1.29. The Morgan fingerprint density at radius 3 is 2.40 bits per heavy atom. The summed E-state index contributed by atoms with van der Waals surface area (Å²) in [6, 6.07) is 26.5. The van der Waals surface area contributed by atoms with Gasteiger partial charge in [-0.1, -0.05) is 48.0 Å². The number of nitrogens with zero attached hydrogens (tertiary/aromatic N) is 1. The lowest BCUT2D eigenvalue weighted by molar-refractivity contribution is -0.115. The van der Waals surface area contributed by atoms with Gasteiger partial charge in [-0.15, -0.1) is 0 Å². The van der Waals surface area contributed by atoms with Crippen molar-refractivity contribution in [2.45, 2.75) is 20.1 Å². The molecule has 1 aliphatic rings. The number of hydrogen-bond acceptors (Lipinski definition) is 7. The largest absolute Gasteiger partial charge is 0.493 e. The number of halogens is 2. The fourth-order valence-electron chi connectivity index (χ4n) is 4.15. The number of benzene rings is 4. The first kappa shape index (κ1) is 30.5. The van der Waals surface area contributed by atoms with Crippen LogP contribution in [0.25, 0.3) is 6.08 Å². The fraction of sp³-hybridized carbons (Fsp3) is 0.152. The van der Waals surface area contributed by atoms with E-state index >= 15 is 0 Å². The number of carbonyl (C=O) groups excluding carboxylic acids is 1. The number of carbonyl (C=O) groups is 1. The summed E-state index contributed by atoms with van der Waals surface area (Å²) in [7, 11) is 1.61. The SMILES string of the molecule is CCOc1cc(/C=C2/SC(=Nc3ccc(Cl)cc3)NC2=O)cc(Br)c1OCc1ccc(OCc2ccccc2)c(OC)c1. The van der Waals surface area contributed by atoms with Gasteiger partial charge in [0.25, 0.3) is 5.91 Å². The van der Waals surface area contributed by atoms with Crippen LogP contribution in [0.4, 0.5) is 5.69 Å². The molecule has 43 heavy (non-hydrogen) atoms. The molecule has 0 aliphatic carbocycles. The van der Waals surface area contributed by atoms with Crippen molar-refractivity contribution >= 4 is 62.1 Å². The molecule has 220 valence electrons. The van der Waals surface area contributed by atoms with Crippen LogP contribution in [0.15, 0.2) is 99.3 Å². The number of thioether (sulfide) groups is 1. The number of aliphatic imine (C=N–C) groups is 1. The van der Waals surface area contributed by atoms with Gasteiger partial charge in [0.2, 0.25) is 0 Å². The molecular weight excluding hydrogens is 652 g/mol. The molecule has 10 heteroatoms. The Hall–Kier alpha value is -3.92. The highest BCUT2D eigenvalue weighted by atomic mass is 79.9. The first-order valence-corrected chi connectivity index (χ1v) is 15.4. The highest BCUT2D eigenvalue weighted by molar-refractivity contribution is 9.10. The third-order valence-electron chi connectivity index (χ3n) is 6.19. The lowest BCUT2D eigenvalue weighted by Crippen LogP contribution is -2.19. The van der Waals surface area contributed by atoms with E-state index in [9.17, 15) is 4.79 Å². The van der Waals surface area contributed by atoms with Crippen LogP contribution in [0.5, 0.6) is 23.0 Å². The molecule has 4 aromatic carbocycles. The van der Waals surface area contributed by atoms with E-state index in [0.717, 1.165) is 16.7 Å².